The number of hydrogen-bond donors (Lipinski definition) is 1. The van der Waals surface area contributed by atoms with Crippen LogP contribution in [-0.2, 0) is 11.2 Å². The van der Waals surface area contributed by atoms with E-state index in [1.54, 1.807) is 0 Å². The molecule has 0 atom stereocenters. The molecule has 0 spiro atoms. The van der Waals surface area contributed by atoms with Gasteiger partial charge < -0.3 is 10.6 Å². The Kier molecular flexibility index (Phi) is 3.95. The number of nitrogen functional groups attached to an aromatic ring is 1. The van der Waals surface area contributed by atoms with Crippen molar-refractivity contribution in [1.82, 2.24) is 0 Å². The van der Waals surface area contributed by atoms with E-state index >= 15 is 0 Å². The van der Waals surface area contributed by atoms with E-state index in [1.165, 1.54) is 25.7 Å². The maximum absolute atomic E-state index is 12.5. The Morgan fingerprint density at radius 1 is 1.25 bits per heavy atom. The molecule has 1 fully saturated rings. The van der Waals surface area contributed by atoms with Gasteiger partial charge in [-0.1, -0.05) is 31.7 Å². The first kappa shape index (κ1) is 13.5. The van der Waals surface area contributed by atoms with E-state index in [2.05, 4.69) is 0 Å². The highest BCUT2D eigenvalue weighted by molar-refractivity contribution is 5.95. The van der Waals surface area contributed by atoms with E-state index in [9.17, 15) is 4.79 Å². The Balaban J connectivity index is 1.68. The van der Waals surface area contributed by atoms with Crippen LogP contribution in [0.3, 0.4) is 0 Å². The minimum absolute atomic E-state index is 0.281. The van der Waals surface area contributed by atoms with Crippen LogP contribution in [0, 0.1) is 5.92 Å². The zero-order chi connectivity index (χ0) is 13.9. The average Bonchev–Trinajstić information content (AvgIpc) is 2.98. The summed E-state index contributed by atoms with van der Waals surface area (Å²) in [6.45, 7) is 0.847. The Morgan fingerprint density at radius 3 is 2.85 bits per heavy atom. The molecule has 3 rings (SSSR count). The molecule has 1 aliphatic heterocycles. The minimum Gasteiger partial charge on any atom is -0.398 e. The van der Waals surface area contributed by atoms with Gasteiger partial charge in [0.1, 0.15) is 0 Å². The van der Waals surface area contributed by atoms with Gasteiger partial charge >= 0.3 is 0 Å². The Labute approximate surface area is 121 Å². The molecule has 1 aromatic carbocycles. The summed E-state index contributed by atoms with van der Waals surface area (Å²) in [6.07, 6.45) is 9.11. The van der Waals surface area contributed by atoms with Crippen molar-refractivity contribution in [1.29, 1.82) is 0 Å². The fraction of sp³-hybridized carbons (Fsp3) is 0.588. The number of rotatable bonds is 3. The monoisotopic (exact) mass is 272 g/mol. The van der Waals surface area contributed by atoms with Crippen LogP contribution < -0.4 is 10.6 Å². The quantitative estimate of drug-likeness (QED) is 0.856. The molecule has 0 saturated heterocycles. The maximum atomic E-state index is 12.5. The largest absolute Gasteiger partial charge is 0.398 e. The molecule has 3 heteroatoms. The standard InChI is InChI=1S/C17H24N2O/c18-15-8-3-9-16-14(15)7-4-12-19(16)17(20)11-10-13-5-1-2-6-13/h3,8-9,13H,1-2,4-7,10-12,18H2. The first-order chi connectivity index (χ1) is 9.75. The molecular formula is C17H24N2O. The summed E-state index contributed by atoms with van der Waals surface area (Å²) in [5.41, 5.74) is 9.08. The van der Waals surface area contributed by atoms with E-state index in [4.69, 9.17) is 5.73 Å². The third kappa shape index (κ3) is 2.67. The molecule has 2 aliphatic rings. The van der Waals surface area contributed by atoms with Crippen molar-refractivity contribution in [2.75, 3.05) is 17.2 Å². The molecule has 0 radical (unpaired) electrons. The van der Waals surface area contributed by atoms with Crippen molar-refractivity contribution in [3.8, 4) is 0 Å². The summed E-state index contributed by atoms with van der Waals surface area (Å²) in [5.74, 6) is 1.06. The number of carbonyl (C=O) groups excluding carboxylic acids is 1. The van der Waals surface area contributed by atoms with E-state index in [0.717, 1.165) is 48.7 Å². The summed E-state index contributed by atoms with van der Waals surface area (Å²) in [5, 5.41) is 0. The molecular weight excluding hydrogens is 248 g/mol. The number of fused-ring (bicyclic) bond motifs is 1. The van der Waals surface area contributed by atoms with E-state index < -0.39 is 0 Å². The van der Waals surface area contributed by atoms with Crippen LogP contribution >= 0.6 is 0 Å². The molecule has 1 aromatic rings. The molecule has 1 heterocycles. The third-order valence-electron chi connectivity index (χ3n) is 4.83. The molecule has 0 bridgehead atoms. The van der Waals surface area contributed by atoms with Crippen LogP contribution in [0.25, 0.3) is 0 Å². The van der Waals surface area contributed by atoms with Crippen molar-refractivity contribution < 1.29 is 4.79 Å². The second-order valence-corrected chi connectivity index (χ2v) is 6.18. The predicted molar refractivity (Wildman–Crippen MR) is 82.7 cm³/mol. The van der Waals surface area contributed by atoms with E-state index in [0.29, 0.717) is 6.42 Å². The summed E-state index contributed by atoms with van der Waals surface area (Å²) < 4.78 is 0. The van der Waals surface area contributed by atoms with Gasteiger partial charge in [-0.2, -0.15) is 0 Å². The van der Waals surface area contributed by atoms with Crippen LogP contribution in [0.5, 0.6) is 0 Å². The maximum Gasteiger partial charge on any atom is 0.226 e. The zero-order valence-electron chi connectivity index (χ0n) is 12.1. The number of hydrogen-bond acceptors (Lipinski definition) is 2. The molecule has 20 heavy (non-hydrogen) atoms. The molecule has 1 saturated carbocycles. The smallest absolute Gasteiger partial charge is 0.226 e. The molecule has 1 amide bonds. The van der Waals surface area contributed by atoms with Gasteiger partial charge in [0.15, 0.2) is 0 Å². The van der Waals surface area contributed by atoms with Crippen molar-refractivity contribution in [3.63, 3.8) is 0 Å². The van der Waals surface area contributed by atoms with Gasteiger partial charge in [0.25, 0.3) is 0 Å². The minimum atomic E-state index is 0.281. The molecule has 0 aromatic heterocycles. The topological polar surface area (TPSA) is 46.3 Å². The zero-order valence-corrected chi connectivity index (χ0v) is 12.1. The number of anilines is 2. The second-order valence-electron chi connectivity index (χ2n) is 6.18. The van der Waals surface area contributed by atoms with Gasteiger partial charge in [0, 0.05) is 24.3 Å². The van der Waals surface area contributed by atoms with Crippen molar-refractivity contribution in [2.45, 2.75) is 51.4 Å². The summed E-state index contributed by atoms with van der Waals surface area (Å²) in [4.78, 5) is 14.5. The highest BCUT2D eigenvalue weighted by atomic mass is 16.2. The van der Waals surface area contributed by atoms with Crippen LogP contribution in [0.2, 0.25) is 0 Å². The number of amides is 1. The Bertz CT molecular complexity index is 492. The number of nitrogens with zero attached hydrogens (tertiary/aromatic N) is 1. The van der Waals surface area contributed by atoms with E-state index in [-0.39, 0.29) is 5.91 Å². The molecule has 108 valence electrons. The SMILES string of the molecule is Nc1cccc2c1CCCN2C(=O)CCC1CCCC1. The van der Waals surface area contributed by atoms with Crippen molar-refractivity contribution in [3.05, 3.63) is 23.8 Å². The highest BCUT2D eigenvalue weighted by Crippen LogP contribution is 2.33. The van der Waals surface area contributed by atoms with Crippen LogP contribution in [0.4, 0.5) is 11.4 Å². The molecule has 0 unspecified atom stereocenters. The Hall–Kier alpha value is -1.51. The normalized spacial score (nSPS) is 19.1. The molecule has 2 N–H and O–H groups in total. The second kappa shape index (κ2) is 5.86. The lowest BCUT2D eigenvalue weighted by Gasteiger charge is -2.30. The fourth-order valence-electron chi connectivity index (χ4n) is 3.67. The Morgan fingerprint density at radius 2 is 2.05 bits per heavy atom. The first-order valence-corrected chi connectivity index (χ1v) is 7.93. The van der Waals surface area contributed by atoms with Gasteiger partial charge in [0.2, 0.25) is 5.91 Å². The van der Waals surface area contributed by atoms with E-state index in [1.807, 2.05) is 23.1 Å². The third-order valence-corrected chi connectivity index (χ3v) is 4.83. The summed E-state index contributed by atoms with van der Waals surface area (Å²) in [6, 6.07) is 5.93. The first-order valence-electron chi connectivity index (χ1n) is 7.93. The number of nitrogens with two attached hydrogens (primary N) is 1. The summed E-state index contributed by atoms with van der Waals surface area (Å²) >= 11 is 0. The fourth-order valence-corrected chi connectivity index (χ4v) is 3.67. The predicted octanol–water partition coefficient (Wildman–Crippen LogP) is 3.52. The molecule has 3 nitrogen and oxygen atoms in total. The lowest BCUT2D eigenvalue weighted by molar-refractivity contribution is -0.119. The van der Waals surface area contributed by atoms with Crippen molar-refractivity contribution >= 4 is 17.3 Å². The van der Waals surface area contributed by atoms with Crippen LogP contribution in [0.1, 0.15) is 50.5 Å². The van der Waals surface area contributed by atoms with Gasteiger partial charge in [0.05, 0.1) is 0 Å². The highest BCUT2D eigenvalue weighted by Gasteiger charge is 2.24. The van der Waals surface area contributed by atoms with Crippen LogP contribution in [0.15, 0.2) is 18.2 Å². The lowest BCUT2D eigenvalue weighted by Crippen LogP contribution is -2.35. The van der Waals surface area contributed by atoms with Crippen molar-refractivity contribution in [2.24, 2.45) is 5.92 Å². The average molecular weight is 272 g/mol. The van der Waals surface area contributed by atoms with Gasteiger partial charge in [-0.3, -0.25) is 4.79 Å². The molecule has 1 aliphatic carbocycles. The van der Waals surface area contributed by atoms with Gasteiger partial charge in [-0.15, -0.1) is 0 Å². The van der Waals surface area contributed by atoms with Gasteiger partial charge in [-0.25, -0.2) is 0 Å². The number of carbonyl (C=O) groups is 1. The number of benzene rings is 1. The summed E-state index contributed by atoms with van der Waals surface area (Å²) in [7, 11) is 0. The van der Waals surface area contributed by atoms with Crippen LogP contribution in [-0.4, -0.2) is 12.5 Å². The lowest BCUT2D eigenvalue weighted by atomic mass is 9.98. The van der Waals surface area contributed by atoms with Gasteiger partial charge in [-0.05, 0) is 42.9 Å².